The molecule has 0 fully saturated rings. The fourth-order valence-electron chi connectivity index (χ4n) is 1.63. The molecule has 2 nitrogen and oxygen atoms in total. The van der Waals surface area contributed by atoms with Crippen LogP contribution >= 0.6 is 27.3 Å². The normalized spacial score (nSPS) is 10.4. The van der Waals surface area contributed by atoms with E-state index < -0.39 is 0 Å². The molecule has 1 heterocycles. The molecule has 2 rings (SSSR count). The Morgan fingerprint density at radius 3 is 2.67 bits per heavy atom. The highest BCUT2D eigenvalue weighted by Gasteiger charge is 2.15. The summed E-state index contributed by atoms with van der Waals surface area (Å²) in [5.41, 5.74) is 0.667. The highest BCUT2D eigenvalue weighted by atomic mass is 79.9. The summed E-state index contributed by atoms with van der Waals surface area (Å²) in [4.78, 5) is 14.3. The predicted molar refractivity (Wildman–Crippen MR) is 77.8 cm³/mol. The second-order valence-electron chi connectivity index (χ2n) is 3.79. The number of aryl methyl sites for hydroxylation is 1. The molecule has 1 aromatic carbocycles. The maximum absolute atomic E-state index is 12.3. The van der Waals surface area contributed by atoms with E-state index in [0.717, 1.165) is 21.5 Å². The number of ketones is 1. The molecule has 0 radical (unpaired) electrons. The Balaban J connectivity index is 2.33. The van der Waals surface area contributed by atoms with E-state index >= 15 is 0 Å². The Bertz CT molecular complexity index is 575. The van der Waals surface area contributed by atoms with Gasteiger partial charge in [-0.15, -0.1) is 11.3 Å². The summed E-state index contributed by atoms with van der Waals surface area (Å²) < 4.78 is 5.88. The average Bonchev–Trinajstić information content (AvgIpc) is 2.86. The topological polar surface area (TPSA) is 26.3 Å². The van der Waals surface area contributed by atoms with Crippen molar-refractivity contribution in [1.29, 1.82) is 0 Å². The highest BCUT2D eigenvalue weighted by Crippen LogP contribution is 2.27. The first-order valence-electron chi connectivity index (χ1n) is 5.62. The molecule has 0 aliphatic rings. The van der Waals surface area contributed by atoms with Crippen LogP contribution in [-0.2, 0) is 6.42 Å². The van der Waals surface area contributed by atoms with Gasteiger partial charge in [-0.1, -0.05) is 6.92 Å². The largest absolute Gasteiger partial charge is 0.497 e. The lowest BCUT2D eigenvalue weighted by Crippen LogP contribution is -2.00. The molecule has 0 saturated carbocycles. The van der Waals surface area contributed by atoms with Crippen molar-refractivity contribution < 1.29 is 9.53 Å². The Morgan fingerprint density at radius 2 is 2.11 bits per heavy atom. The van der Waals surface area contributed by atoms with Crippen molar-refractivity contribution >= 4 is 33.0 Å². The summed E-state index contributed by atoms with van der Waals surface area (Å²) in [7, 11) is 1.61. The lowest BCUT2D eigenvalue weighted by Gasteiger charge is -2.04. The molecule has 0 saturated heterocycles. The van der Waals surface area contributed by atoms with Crippen LogP contribution in [0.3, 0.4) is 0 Å². The predicted octanol–water partition coefficient (Wildman–Crippen LogP) is 4.31. The summed E-state index contributed by atoms with van der Waals surface area (Å²) >= 11 is 4.97. The van der Waals surface area contributed by atoms with E-state index in [1.807, 2.05) is 18.2 Å². The standard InChI is InChI=1S/C14H13BrO2S/c1-3-10-5-7-13(18-10)14(16)11-6-4-9(17-2)8-12(11)15/h4-8H,3H2,1-2H3. The Labute approximate surface area is 119 Å². The molecule has 0 atom stereocenters. The van der Waals surface area contributed by atoms with Crippen LogP contribution in [0.15, 0.2) is 34.8 Å². The number of halogens is 1. The Hall–Kier alpha value is -1.13. The zero-order valence-corrected chi connectivity index (χ0v) is 12.6. The van der Waals surface area contributed by atoms with E-state index in [0.29, 0.717) is 5.56 Å². The van der Waals surface area contributed by atoms with Gasteiger partial charge in [0.25, 0.3) is 0 Å². The maximum Gasteiger partial charge on any atom is 0.204 e. The molecule has 18 heavy (non-hydrogen) atoms. The van der Waals surface area contributed by atoms with Crippen LogP contribution in [0.5, 0.6) is 5.75 Å². The van der Waals surface area contributed by atoms with Gasteiger partial charge in [0.05, 0.1) is 12.0 Å². The van der Waals surface area contributed by atoms with Gasteiger partial charge in [0.1, 0.15) is 5.75 Å². The van der Waals surface area contributed by atoms with Crippen LogP contribution in [0, 0.1) is 0 Å². The van der Waals surface area contributed by atoms with Crippen LogP contribution in [0.25, 0.3) is 0 Å². The number of benzene rings is 1. The number of thiophene rings is 1. The minimum Gasteiger partial charge on any atom is -0.497 e. The van der Waals surface area contributed by atoms with Crippen molar-refractivity contribution in [3.05, 3.63) is 50.1 Å². The number of carbonyl (C=O) groups is 1. The molecular formula is C14H13BrO2S. The number of ether oxygens (including phenoxy) is 1. The van der Waals surface area contributed by atoms with Crippen molar-refractivity contribution in [2.45, 2.75) is 13.3 Å². The zero-order chi connectivity index (χ0) is 13.1. The number of hydrogen-bond acceptors (Lipinski definition) is 3. The van der Waals surface area contributed by atoms with Crippen molar-refractivity contribution in [3.8, 4) is 5.75 Å². The van der Waals surface area contributed by atoms with Crippen molar-refractivity contribution in [3.63, 3.8) is 0 Å². The molecule has 0 aliphatic carbocycles. The molecule has 0 bridgehead atoms. The average molecular weight is 325 g/mol. The third-order valence-electron chi connectivity index (χ3n) is 2.65. The summed E-state index contributed by atoms with van der Waals surface area (Å²) in [5.74, 6) is 0.785. The van der Waals surface area contributed by atoms with Gasteiger partial charge in [0.2, 0.25) is 5.78 Å². The summed E-state index contributed by atoms with van der Waals surface area (Å²) in [5, 5.41) is 0. The van der Waals surface area contributed by atoms with Crippen LogP contribution in [0.4, 0.5) is 0 Å². The van der Waals surface area contributed by atoms with Gasteiger partial charge in [-0.3, -0.25) is 4.79 Å². The van der Waals surface area contributed by atoms with Gasteiger partial charge in [0, 0.05) is 14.9 Å². The van der Waals surface area contributed by atoms with E-state index in [1.165, 1.54) is 4.88 Å². The quantitative estimate of drug-likeness (QED) is 0.783. The van der Waals surface area contributed by atoms with Crippen LogP contribution in [0.1, 0.15) is 27.0 Å². The van der Waals surface area contributed by atoms with Crippen molar-refractivity contribution in [2.24, 2.45) is 0 Å². The summed E-state index contributed by atoms with van der Waals surface area (Å²) in [6.07, 6.45) is 0.960. The molecule has 94 valence electrons. The van der Waals surface area contributed by atoms with Crippen molar-refractivity contribution in [2.75, 3.05) is 7.11 Å². The minimum atomic E-state index is 0.0502. The monoisotopic (exact) mass is 324 g/mol. The van der Waals surface area contributed by atoms with Gasteiger partial charge in [-0.25, -0.2) is 0 Å². The lowest BCUT2D eigenvalue weighted by atomic mass is 10.1. The lowest BCUT2D eigenvalue weighted by molar-refractivity contribution is 0.104. The van der Waals surface area contributed by atoms with E-state index in [9.17, 15) is 4.79 Å². The Kier molecular flexibility index (Phi) is 4.19. The highest BCUT2D eigenvalue weighted by molar-refractivity contribution is 9.10. The number of rotatable bonds is 4. The van der Waals surface area contributed by atoms with Gasteiger partial charge in [-0.05, 0) is 52.7 Å². The SMILES string of the molecule is CCc1ccc(C(=O)c2ccc(OC)cc2Br)s1. The molecule has 1 aromatic heterocycles. The van der Waals surface area contributed by atoms with Gasteiger partial charge < -0.3 is 4.74 Å². The second-order valence-corrected chi connectivity index (χ2v) is 5.82. The van der Waals surface area contributed by atoms with Crippen LogP contribution in [-0.4, -0.2) is 12.9 Å². The third kappa shape index (κ3) is 2.65. The van der Waals surface area contributed by atoms with Crippen LogP contribution < -0.4 is 4.74 Å². The van der Waals surface area contributed by atoms with E-state index in [4.69, 9.17) is 4.74 Å². The molecule has 0 spiro atoms. The number of hydrogen-bond donors (Lipinski definition) is 0. The van der Waals surface area contributed by atoms with E-state index in [-0.39, 0.29) is 5.78 Å². The van der Waals surface area contributed by atoms with Crippen LogP contribution in [0.2, 0.25) is 0 Å². The van der Waals surface area contributed by atoms with Gasteiger partial charge in [-0.2, -0.15) is 0 Å². The first-order chi connectivity index (χ1) is 8.65. The molecule has 0 amide bonds. The molecule has 4 heteroatoms. The summed E-state index contributed by atoms with van der Waals surface area (Å²) in [6.45, 7) is 2.09. The molecular weight excluding hydrogens is 312 g/mol. The number of carbonyl (C=O) groups excluding carboxylic acids is 1. The molecule has 0 aliphatic heterocycles. The first kappa shape index (κ1) is 13.3. The van der Waals surface area contributed by atoms with E-state index in [1.54, 1.807) is 30.6 Å². The first-order valence-corrected chi connectivity index (χ1v) is 7.23. The van der Waals surface area contributed by atoms with Gasteiger partial charge in [0.15, 0.2) is 0 Å². The summed E-state index contributed by atoms with van der Waals surface area (Å²) in [6, 6.07) is 9.29. The maximum atomic E-state index is 12.3. The number of methoxy groups -OCH3 is 1. The van der Waals surface area contributed by atoms with Gasteiger partial charge >= 0.3 is 0 Å². The zero-order valence-electron chi connectivity index (χ0n) is 10.2. The molecule has 0 N–H and O–H groups in total. The van der Waals surface area contributed by atoms with Crippen molar-refractivity contribution in [1.82, 2.24) is 0 Å². The smallest absolute Gasteiger partial charge is 0.204 e. The minimum absolute atomic E-state index is 0.0502. The molecule has 0 unspecified atom stereocenters. The Morgan fingerprint density at radius 1 is 1.33 bits per heavy atom. The fraction of sp³-hybridized carbons (Fsp3) is 0.214. The third-order valence-corrected chi connectivity index (χ3v) is 4.54. The molecule has 2 aromatic rings. The van der Waals surface area contributed by atoms with E-state index in [2.05, 4.69) is 22.9 Å². The fourth-order valence-corrected chi connectivity index (χ4v) is 3.07. The second kappa shape index (κ2) is 5.67.